The maximum absolute atomic E-state index is 11.8. The Kier molecular flexibility index (Phi) is 7.45. The van der Waals surface area contributed by atoms with Crippen LogP contribution in [0.3, 0.4) is 0 Å². The van der Waals surface area contributed by atoms with E-state index in [1.54, 1.807) is 4.68 Å². The van der Waals surface area contributed by atoms with Crippen LogP contribution >= 0.6 is 15.9 Å². The Hall–Kier alpha value is -0.314. The molecule has 1 radical (unpaired) electrons. The van der Waals surface area contributed by atoms with Crippen molar-refractivity contribution in [2.24, 2.45) is 0 Å². The van der Waals surface area contributed by atoms with Crippen molar-refractivity contribution in [2.45, 2.75) is 19.8 Å². The molecule has 0 aliphatic carbocycles. The van der Waals surface area contributed by atoms with Crippen molar-refractivity contribution >= 4 is 73.3 Å². The molecule has 0 fully saturated rings. The summed E-state index contributed by atoms with van der Waals surface area (Å²) in [6, 6.07) is 7.44. The predicted octanol–water partition coefficient (Wildman–Crippen LogP) is 1.80. The molecular weight excluding hydrogens is 363 g/mol. The molecule has 0 spiro atoms. The minimum Gasteiger partial charge on any atom is -0.481 e. The molecule has 2 aromatic rings. The molecule has 0 unspecified atom stereocenters. The van der Waals surface area contributed by atoms with E-state index in [0.717, 1.165) is 10.2 Å². The fraction of sp³-hybridized carbons (Fsp3) is 0.214. The van der Waals surface area contributed by atoms with Gasteiger partial charge in [0.05, 0.1) is 24.0 Å². The fourth-order valence-electron chi connectivity index (χ4n) is 2.04. The number of halogens is 1. The van der Waals surface area contributed by atoms with Gasteiger partial charge in [0, 0.05) is 61.4 Å². The zero-order valence-corrected chi connectivity index (χ0v) is 16.5. The smallest absolute Gasteiger partial charge is 0.308 e. The van der Waals surface area contributed by atoms with Crippen LogP contribution < -0.4 is 5.43 Å². The van der Waals surface area contributed by atoms with Crippen molar-refractivity contribution in [3.63, 3.8) is 0 Å². The van der Waals surface area contributed by atoms with Crippen LogP contribution in [-0.4, -0.2) is 72.2 Å². The Balaban J connectivity index is 0.00000220. The maximum atomic E-state index is 11.8. The topological polar surface area (TPSA) is 72.2 Å². The standard InChI is InChI=1S/C14H13BrN2O3.K/c1-2-12-11(7-14(19)20)13(18)8-16-17(12)10-5-3-9(15)4-6-10;/h3-6,8H,2,7H2,1H3,(H,19,20);. The normalized spacial score (nSPS) is 10.0. The summed E-state index contributed by atoms with van der Waals surface area (Å²) in [5.41, 5.74) is 1.37. The Morgan fingerprint density at radius 3 is 2.48 bits per heavy atom. The minimum absolute atomic E-state index is 0. The second kappa shape index (κ2) is 8.35. The second-order valence-corrected chi connectivity index (χ2v) is 5.16. The number of carboxylic acids is 1. The summed E-state index contributed by atoms with van der Waals surface area (Å²) in [6.07, 6.45) is 1.41. The molecule has 5 nitrogen and oxygen atoms in total. The second-order valence-electron chi connectivity index (χ2n) is 4.25. The summed E-state index contributed by atoms with van der Waals surface area (Å²) in [7, 11) is 0. The number of nitrogens with zero attached hydrogens (tertiary/aromatic N) is 2. The number of aliphatic carboxylic acids is 1. The number of hydrogen-bond acceptors (Lipinski definition) is 3. The van der Waals surface area contributed by atoms with Gasteiger partial charge >= 0.3 is 5.97 Å². The van der Waals surface area contributed by atoms with Crippen LogP contribution in [0.5, 0.6) is 0 Å². The van der Waals surface area contributed by atoms with E-state index in [1.807, 2.05) is 31.2 Å². The summed E-state index contributed by atoms with van der Waals surface area (Å²) in [5.74, 6) is -1.02. The molecule has 0 aliphatic rings. The molecule has 1 aromatic heterocycles. The summed E-state index contributed by atoms with van der Waals surface area (Å²) in [5, 5.41) is 13.0. The Bertz CT molecular complexity index is 698. The molecule has 105 valence electrons. The van der Waals surface area contributed by atoms with E-state index < -0.39 is 5.97 Å². The summed E-state index contributed by atoms with van der Waals surface area (Å²) >= 11 is 3.36. The van der Waals surface area contributed by atoms with Crippen molar-refractivity contribution in [1.29, 1.82) is 0 Å². The predicted molar refractivity (Wildman–Crippen MR) is 84.0 cm³/mol. The van der Waals surface area contributed by atoms with Crippen LogP contribution in [0.4, 0.5) is 0 Å². The van der Waals surface area contributed by atoms with Crippen molar-refractivity contribution < 1.29 is 9.90 Å². The van der Waals surface area contributed by atoms with E-state index >= 15 is 0 Å². The zero-order chi connectivity index (χ0) is 14.7. The minimum atomic E-state index is -1.02. The first-order valence-electron chi connectivity index (χ1n) is 6.10. The van der Waals surface area contributed by atoms with E-state index in [9.17, 15) is 9.59 Å². The average Bonchev–Trinajstić information content (AvgIpc) is 2.41. The maximum Gasteiger partial charge on any atom is 0.308 e. The number of benzene rings is 1. The van der Waals surface area contributed by atoms with Crippen LogP contribution in [-0.2, 0) is 17.6 Å². The van der Waals surface area contributed by atoms with Crippen LogP contribution in [0, 0.1) is 0 Å². The van der Waals surface area contributed by atoms with Crippen LogP contribution in [0.25, 0.3) is 5.69 Å². The van der Waals surface area contributed by atoms with Gasteiger partial charge < -0.3 is 5.11 Å². The van der Waals surface area contributed by atoms with Crippen LogP contribution in [0.15, 0.2) is 39.7 Å². The third kappa shape index (κ3) is 4.58. The molecule has 0 aliphatic heterocycles. The summed E-state index contributed by atoms with van der Waals surface area (Å²) < 4.78 is 2.55. The van der Waals surface area contributed by atoms with Crippen LogP contribution in [0.1, 0.15) is 18.2 Å². The van der Waals surface area contributed by atoms with E-state index in [0.29, 0.717) is 12.1 Å². The molecule has 1 N–H and O–H groups in total. The van der Waals surface area contributed by atoms with Gasteiger partial charge in [-0.2, -0.15) is 5.10 Å². The number of carbonyl (C=O) groups is 1. The van der Waals surface area contributed by atoms with E-state index in [1.165, 1.54) is 6.20 Å². The van der Waals surface area contributed by atoms with E-state index in [-0.39, 0.29) is 68.8 Å². The van der Waals surface area contributed by atoms with E-state index in [2.05, 4.69) is 21.0 Å². The summed E-state index contributed by atoms with van der Waals surface area (Å²) in [4.78, 5) is 22.7. The van der Waals surface area contributed by atoms with Gasteiger partial charge in [0.1, 0.15) is 0 Å². The molecule has 7 heteroatoms. The Morgan fingerprint density at radius 2 is 1.95 bits per heavy atom. The SMILES string of the molecule is CCc1c(CC(=O)O)c(=O)cnn1-c1ccc(Br)cc1.[K]. The van der Waals surface area contributed by atoms with Gasteiger partial charge in [-0.1, -0.05) is 22.9 Å². The quantitative estimate of drug-likeness (QED) is 0.827. The first-order chi connectivity index (χ1) is 9.52. The first kappa shape index (κ1) is 18.7. The van der Waals surface area contributed by atoms with Gasteiger partial charge in [-0.25, -0.2) is 4.68 Å². The van der Waals surface area contributed by atoms with Gasteiger partial charge in [0.2, 0.25) is 5.43 Å². The van der Waals surface area contributed by atoms with Gasteiger partial charge in [0.25, 0.3) is 0 Å². The average molecular weight is 376 g/mol. The molecule has 0 saturated carbocycles. The third-order valence-corrected chi connectivity index (χ3v) is 3.45. The number of hydrogen-bond donors (Lipinski definition) is 1. The van der Waals surface area contributed by atoms with Crippen molar-refractivity contribution in [3.05, 3.63) is 56.4 Å². The molecule has 0 amide bonds. The van der Waals surface area contributed by atoms with E-state index in [4.69, 9.17) is 5.11 Å². The molecule has 0 bridgehead atoms. The van der Waals surface area contributed by atoms with Gasteiger partial charge in [-0.3, -0.25) is 9.59 Å². The molecule has 2 rings (SSSR count). The van der Waals surface area contributed by atoms with Crippen LogP contribution in [0.2, 0.25) is 0 Å². The molecular formula is C14H13BrKN2O3. The first-order valence-corrected chi connectivity index (χ1v) is 6.90. The summed E-state index contributed by atoms with van der Waals surface area (Å²) in [6.45, 7) is 1.87. The number of rotatable bonds is 4. The van der Waals surface area contributed by atoms with Gasteiger partial charge in [-0.15, -0.1) is 0 Å². The van der Waals surface area contributed by atoms with Crippen molar-refractivity contribution in [3.8, 4) is 5.69 Å². The monoisotopic (exact) mass is 375 g/mol. The van der Waals surface area contributed by atoms with Gasteiger partial charge in [-0.05, 0) is 30.7 Å². The molecule has 0 saturated heterocycles. The van der Waals surface area contributed by atoms with Gasteiger partial charge in [0.15, 0.2) is 0 Å². The third-order valence-electron chi connectivity index (χ3n) is 2.93. The molecule has 1 heterocycles. The fourth-order valence-corrected chi connectivity index (χ4v) is 2.30. The number of carboxylic acid groups (broad SMARTS) is 1. The molecule has 1 aromatic carbocycles. The largest absolute Gasteiger partial charge is 0.481 e. The Labute approximate surface area is 172 Å². The Morgan fingerprint density at radius 1 is 1.33 bits per heavy atom. The van der Waals surface area contributed by atoms with Crippen molar-refractivity contribution in [2.75, 3.05) is 0 Å². The zero-order valence-electron chi connectivity index (χ0n) is 11.8. The van der Waals surface area contributed by atoms with Crippen molar-refractivity contribution in [1.82, 2.24) is 9.78 Å². The molecule has 21 heavy (non-hydrogen) atoms. The molecule has 0 atom stereocenters. The number of aromatic nitrogens is 2.